The third-order valence-electron chi connectivity index (χ3n) is 3.25. The molecule has 6 heteroatoms. The summed E-state index contributed by atoms with van der Waals surface area (Å²) in [6, 6.07) is 0. The molecule has 4 nitrogen and oxygen atoms in total. The van der Waals surface area contributed by atoms with Crippen LogP contribution in [0, 0.1) is 0 Å². The van der Waals surface area contributed by atoms with Gasteiger partial charge in [-0.3, -0.25) is 0 Å². The minimum atomic E-state index is -1.76. The Labute approximate surface area is 121 Å². The Bertz CT molecular complexity index is 292. The van der Waals surface area contributed by atoms with Gasteiger partial charge in [-0.05, 0) is 0 Å². The van der Waals surface area contributed by atoms with Crippen LogP contribution in [0.1, 0.15) is 26.7 Å². The van der Waals surface area contributed by atoms with Gasteiger partial charge in [0.25, 0.3) is 0 Å². The van der Waals surface area contributed by atoms with E-state index in [0.717, 1.165) is 16.9 Å². The number of carbonyl (C=O) groups excluding carboxylic acids is 1. The maximum absolute atomic E-state index is 11.2. The first kappa shape index (κ1) is 18.0. The Kier molecular flexibility index (Phi) is 8.18. The molecule has 1 atom stereocenters. The van der Waals surface area contributed by atoms with Gasteiger partial charge in [0.05, 0.1) is 0 Å². The Balaban J connectivity index is 3.94. The number of rotatable bonds is 5. The van der Waals surface area contributed by atoms with E-state index in [4.69, 9.17) is 12.2 Å². The molecule has 106 valence electrons. The summed E-state index contributed by atoms with van der Waals surface area (Å²) >= 11 is 3.45. The molecule has 1 unspecified atom stereocenters. The van der Waals surface area contributed by atoms with Crippen LogP contribution in [0.15, 0.2) is 0 Å². The topological polar surface area (TPSA) is 44.4 Å². The average Bonchev–Trinajstić information content (AvgIpc) is 2.26. The minimum absolute atomic E-state index is 0.0269. The van der Waals surface area contributed by atoms with Gasteiger partial charge in [-0.2, -0.15) is 0 Å². The van der Waals surface area contributed by atoms with Crippen molar-refractivity contribution < 1.29 is 4.79 Å². The molecule has 0 bridgehead atoms. The zero-order chi connectivity index (χ0) is 14.3. The number of hydrogen-bond donors (Lipinski definition) is 2. The molecule has 0 heterocycles. The fourth-order valence-electron chi connectivity index (χ4n) is 1.26. The molecule has 0 spiro atoms. The Morgan fingerprint density at radius 1 is 1.39 bits per heavy atom. The van der Waals surface area contributed by atoms with Crippen molar-refractivity contribution in [1.82, 2.24) is 15.8 Å². The molecule has 0 radical (unpaired) electrons. The van der Waals surface area contributed by atoms with Gasteiger partial charge in [0.15, 0.2) is 0 Å². The third kappa shape index (κ3) is 7.41. The summed E-state index contributed by atoms with van der Waals surface area (Å²) in [6.45, 7) is 5.03. The first-order valence-corrected chi connectivity index (χ1v) is 17.1. The predicted octanol–water partition coefficient (Wildman–Crippen LogP) is 2.35. The van der Waals surface area contributed by atoms with Gasteiger partial charge >= 0.3 is 121 Å². The quantitative estimate of drug-likeness (QED) is 0.437. The van der Waals surface area contributed by atoms with Gasteiger partial charge in [-0.15, -0.1) is 0 Å². The van der Waals surface area contributed by atoms with Crippen molar-refractivity contribution in [2.24, 2.45) is 0 Å². The third-order valence-corrected chi connectivity index (χ3v) is 12.9. The zero-order valence-electron chi connectivity index (χ0n) is 12.5. The number of amides is 1. The SMILES string of the molecule is CCC(=O)NN(C)C(=S)NCC[CH](C)[Sn]([CH3])([CH3])[CH3]. The molecule has 0 aliphatic rings. The second-order valence-electron chi connectivity index (χ2n) is 5.74. The summed E-state index contributed by atoms with van der Waals surface area (Å²) < 4.78 is 0.824. The van der Waals surface area contributed by atoms with E-state index in [-0.39, 0.29) is 5.91 Å². The summed E-state index contributed by atoms with van der Waals surface area (Å²) in [5.41, 5.74) is 2.70. The molecule has 0 saturated heterocycles. The number of nitrogens with zero attached hydrogens (tertiary/aromatic N) is 1. The van der Waals surface area contributed by atoms with Gasteiger partial charge in [0.1, 0.15) is 0 Å². The van der Waals surface area contributed by atoms with E-state index in [1.807, 2.05) is 6.92 Å². The molecule has 0 rings (SSSR count). The maximum atomic E-state index is 11.2. The standard InChI is InChI=1S/C9H18N3OS.3CH3.Sn/c1-4-6-7-10-9(14)12(3)11-8(13)5-2;;;;/h4H,5-7H2,1-3H3,(H,10,14)(H,11,13);3*1H3;. The molecule has 18 heavy (non-hydrogen) atoms. The summed E-state index contributed by atoms with van der Waals surface area (Å²) in [6.07, 6.45) is 1.61. The normalized spacial score (nSPS) is 12.8. The van der Waals surface area contributed by atoms with Gasteiger partial charge in [0, 0.05) is 0 Å². The van der Waals surface area contributed by atoms with Gasteiger partial charge in [-0.25, -0.2) is 0 Å². The van der Waals surface area contributed by atoms with Crippen LogP contribution in [0.4, 0.5) is 0 Å². The van der Waals surface area contributed by atoms with Crippen molar-refractivity contribution >= 4 is 41.6 Å². The molecule has 2 N–H and O–H groups in total. The molecular formula is C12H27N3OSSn. The van der Waals surface area contributed by atoms with E-state index < -0.39 is 18.4 Å². The monoisotopic (exact) mass is 381 g/mol. The van der Waals surface area contributed by atoms with E-state index >= 15 is 0 Å². The van der Waals surface area contributed by atoms with Crippen LogP contribution >= 0.6 is 12.2 Å². The van der Waals surface area contributed by atoms with Crippen molar-refractivity contribution in [2.75, 3.05) is 13.6 Å². The molecule has 0 aliphatic heterocycles. The second kappa shape index (κ2) is 8.19. The molecule has 0 aliphatic carbocycles. The predicted molar refractivity (Wildman–Crippen MR) is 84.2 cm³/mol. The van der Waals surface area contributed by atoms with Crippen LogP contribution in [-0.4, -0.2) is 48.0 Å². The number of hydrogen-bond acceptors (Lipinski definition) is 2. The second-order valence-corrected chi connectivity index (χ2v) is 22.4. The first-order valence-electron chi connectivity index (χ1n) is 6.49. The zero-order valence-corrected chi connectivity index (χ0v) is 16.1. The van der Waals surface area contributed by atoms with Gasteiger partial charge < -0.3 is 0 Å². The fourth-order valence-corrected chi connectivity index (χ4v) is 4.30. The first-order chi connectivity index (χ1) is 8.18. The van der Waals surface area contributed by atoms with Crippen molar-refractivity contribution in [1.29, 1.82) is 0 Å². The van der Waals surface area contributed by atoms with E-state index in [1.54, 1.807) is 12.1 Å². The molecular weight excluding hydrogens is 353 g/mol. The summed E-state index contributed by atoms with van der Waals surface area (Å²) in [7, 11) is 1.76. The summed E-state index contributed by atoms with van der Waals surface area (Å²) in [4.78, 5) is 18.6. The van der Waals surface area contributed by atoms with Crippen molar-refractivity contribution in [3.63, 3.8) is 0 Å². The Morgan fingerprint density at radius 2 is 1.94 bits per heavy atom. The number of nitrogens with one attached hydrogen (secondary N) is 2. The van der Waals surface area contributed by atoms with Gasteiger partial charge in [-0.1, -0.05) is 0 Å². The van der Waals surface area contributed by atoms with Crippen LogP contribution in [-0.2, 0) is 4.79 Å². The van der Waals surface area contributed by atoms with Crippen molar-refractivity contribution in [2.45, 2.75) is 45.4 Å². The Morgan fingerprint density at radius 3 is 2.39 bits per heavy atom. The molecule has 0 fully saturated rings. The molecule has 0 aromatic heterocycles. The van der Waals surface area contributed by atoms with Crippen molar-refractivity contribution in [3.05, 3.63) is 0 Å². The van der Waals surface area contributed by atoms with Crippen LogP contribution < -0.4 is 10.7 Å². The fraction of sp³-hybridized carbons (Fsp3) is 0.833. The van der Waals surface area contributed by atoms with Crippen LogP contribution in [0.2, 0.25) is 18.8 Å². The number of hydrazine groups is 1. The number of carbonyl (C=O) groups is 1. The molecule has 0 aromatic carbocycles. The van der Waals surface area contributed by atoms with E-state index in [2.05, 4.69) is 32.5 Å². The van der Waals surface area contributed by atoms with Crippen molar-refractivity contribution in [3.8, 4) is 0 Å². The summed E-state index contributed by atoms with van der Waals surface area (Å²) in [5.74, 6) is -0.0269. The molecule has 1 amide bonds. The van der Waals surface area contributed by atoms with Crippen LogP contribution in [0.5, 0.6) is 0 Å². The molecule has 0 aromatic rings. The average molecular weight is 380 g/mol. The van der Waals surface area contributed by atoms with Crippen LogP contribution in [0.3, 0.4) is 0 Å². The Hall–Kier alpha value is -0.0413. The van der Waals surface area contributed by atoms with E-state index in [9.17, 15) is 4.79 Å². The number of thiocarbonyl (C=S) groups is 1. The van der Waals surface area contributed by atoms with E-state index in [0.29, 0.717) is 11.5 Å². The molecule has 0 saturated carbocycles. The summed E-state index contributed by atoms with van der Waals surface area (Å²) in [5, 5.41) is 5.34. The van der Waals surface area contributed by atoms with Crippen LogP contribution in [0.25, 0.3) is 0 Å². The van der Waals surface area contributed by atoms with E-state index in [1.165, 1.54) is 0 Å². The van der Waals surface area contributed by atoms with Gasteiger partial charge in [0.2, 0.25) is 0 Å².